The lowest BCUT2D eigenvalue weighted by molar-refractivity contribution is 0.322. The first kappa shape index (κ1) is 8.31. The molecule has 0 radical (unpaired) electrons. The Morgan fingerprint density at radius 3 is 2.73 bits per heavy atom. The van der Waals surface area contributed by atoms with E-state index >= 15 is 0 Å². The minimum atomic E-state index is -0.0868. The molecule has 1 aliphatic heterocycles. The lowest BCUT2D eigenvalue weighted by Gasteiger charge is -2.14. The van der Waals surface area contributed by atoms with Crippen LogP contribution in [0.3, 0.4) is 0 Å². The van der Waals surface area contributed by atoms with Crippen molar-refractivity contribution >= 4 is 0 Å². The quantitative estimate of drug-likeness (QED) is 0.486. The molecular formula is C9H14FN. The summed E-state index contributed by atoms with van der Waals surface area (Å²) in [5.74, 6) is -0.0868. The van der Waals surface area contributed by atoms with Crippen LogP contribution >= 0.6 is 0 Å². The Morgan fingerprint density at radius 2 is 2.09 bits per heavy atom. The first-order valence-corrected chi connectivity index (χ1v) is 3.87. The standard InChI is InChI=1S/C9H14FN/c1-7-5-4-6-11(3)9(10)8(7)2/h5H,4,6H2,1-3H3. The van der Waals surface area contributed by atoms with Crippen molar-refractivity contribution in [2.24, 2.45) is 0 Å². The Kier molecular flexibility index (Phi) is 2.32. The Balaban J connectivity index is 2.96. The average Bonchev–Trinajstić information content (AvgIpc) is 2.07. The number of nitrogens with zero attached hydrogens (tertiary/aromatic N) is 1. The molecule has 62 valence electrons. The van der Waals surface area contributed by atoms with Gasteiger partial charge in [0.15, 0.2) is 5.95 Å². The van der Waals surface area contributed by atoms with Crippen molar-refractivity contribution in [3.8, 4) is 0 Å². The van der Waals surface area contributed by atoms with Crippen LogP contribution in [0.15, 0.2) is 23.2 Å². The summed E-state index contributed by atoms with van der Waals surface area (Å²) in [5.41, 5.74) is 1.83. The highest BCUT2D eigenvalue weighted by Crippen LogP contribution is 2.21. The third-order valence-electron chi connectivity index (χ3n) is 2.15. The Hall–Kier alpha value is -0.790. The van der Waals surface area contributed by atoms with E-state index in [-0.39, 0.29) is 5.95 Å². The molecule has 1 nitrogen and oxygen atoms in total. The van der Waals surface area contributed by atoms with Gasteiger partial charge < -0.3 is 4.90 Å². The molecule has 0 aromatic carbocycles. The summed E-state index contributed by atoms with van der Waals surface area (Å²) in [6.45, 7) is 4.55. The second-order valence-electron chi connectivity index (χ2n) is 3.01. The van der Waals surface area contributed by atoms with Crippen molar-refractivity contribution < 1.29 is 4.39 Å². The van der Waals surface area contributed by atoms with Crippen LogP contribution in [0.4, 0.5) is 4.39 Å². The van der Waals surface area contributed by atoms with E-state index in [1.54, 1.807) is 11.9 Å². The first-order valence-electron chi connectivity index (χ1n) is 3.87. The zero-order valence-corrected chi connectivity index (χ0v) is 7.32. The second-order valence-corrected chi connectivity index (χ2v) is 3.01. The molecule has 0 atom stereocenters. The molecule has 1 aliphatic rings. The maximum atomic E-state index is 13.2. The fourth-order valence-electron chi connectivity index (χ4n) is 1.17. The van der Waals surface area contributed by atoms with Crippen LogP contribution < -0.4 is 0 Å². The van der Waals surface area contributed by atoms with Gasteiger partial charge in [-0.3, -0.25) is 0 Å². The largest absolute Gasteiger partial charge is 0.351 e. The number of halogens is 1. The third kappa shape index (κ3) is 1.62. The van der Waals surface area contributed by atoms with Crippen molar-refractivity contribution in [1.29, 1.82) is 0 Å². The van der Waals surface area contributed by atoms with Gasteiger partial charge in [-0.25, -0.2) is 0 Å². The van der Waals surface area contributed by atoms with E-state index in [4.69, 9.17) is 0 Å². The van der Waals surface area contributed by atoms with Crippen molar-refractivity contribution in [3.05, 3.63) is 23.2 Å². The van der Waals surface area contributed by atoms with Gasteiger partial charge in [0, 0.05) is 19.2 Å². The zero-order valence-electron chi connectivity index (χ0n) is 7.32. The van der Waals surface area contributed by atoms with E-state index in [2.05, 4.69) is 6.08 Å². The van der Waals surface area contributed by atoms with Crippen LogP contribution in [-0.2, 0) is 0 Å². The van der Waals surface area contributed by atoms with Crippen molar-refractivity contribution in [3.63, 3.8) is 0 Å². The van der Waals surface area contributed by atoms with Gasteiger partial charge >= 0.3 is 0 Å². The SMILES string of the molecule is CC1=CCCN(C)C(F)=C1C. The van der Waals surface area contributed by atoms with Gasteiger partial charge in [-0.2, -0.15) is 4.39 Å². The van der Waals surface area contributed by atoms with Gasteiger partial charge in [-0.15, -0.1) is 0 Å². The molecule has 0 N–H and O–H groups in total. The predicted molar refractivity (Wildman–Crippen MR) is 44.8 cm³/mol. The molecule has 1 heterocycles. The summed E-state index contributed by atoms with van der Waals surface area (Å²) in [6, 6.07) is 0. The number of allylic oxidation sites excluding steroid dienone is 2. The molecule has 0 amide bonds. The molecule has 0 spiro atoms. The minimum Gasteiger partial charge on any atom is -0.351 e. The monoisotopic (exact) mass is 155 g/mol. The van der Waals surface area contributed by atoms with Crippen LogP contribution in [-0.4, -0.2) is 18.5 Å². The third-order valence-corrected chi connectivity index (χ3v) is 2.15. The lowest BCUT2D eigenvalue weighted by atomic mass is 10.1. The minimum absolute atomic E-state index is 0.0868. The van der Waals surface area contributed by atoms with Crippen LogP contribution in [0.1, 0.15) is 20.3 Å². The summed E-state index contributed by atoms with van der Waals surface area (Å²) in [7, 11) is 1.78. The molecule has 0 saturated heterocycles. The first-order chi connectivity index (χ1) is 5.13. The maximum absolute atomic E-state index is 13.2. The maximum Gasteiger partial charge on any atom is 0.192 e. The van der Waals surface area contributed by atoms with Crippen LogP contribution in [0.5, 0.6) is 0 Å². The molecule has 0 aliphatic carbocycles. The van der Waals surface area contributed by atoms with E-state index in [0.717, 1.165) is 24.1 Å². The molecule has 0 fully saturated rings. The second kappa shape index (κ2) is 3.07. The van der Waals surface area contributed by atoms with Gasteiger partial charge in [0.2, 0.25) is 0 Å². The van der Waals surface area contributed by atoms with Crippen LogP contribution in [0.25, 0.3) is 0 Å². The van der Waals surface area contributed by atoms with Gasteiger partial charge in [-0.1, -0.05) is 6.08 Å². The van der Waals surface area contributed by atoms with Crippen LogP contribution in [0, 0.1) is 0 Å². The van der Waals surface area contributed by atoms with E-state index in [1.807, 2.05) is 13.8 Å². The lowest BCUT2D eigenvalue weighted by Crippen LogP contribution is -2.15. The topological polar surface area (TPSA) is 3.24 Å². The summed E-state index contributed by atoms with van der Waals surface area (Å²) in [5, 5.41) is 0. The van der Waals surface area contributed by atoms with E-state index in [0.29, 0.717) is 0 Å². The van der Waals surface area contributed by atoms with Crippen molar-refractivity contribution in [2.45, 2.75) is 20.3 Å². The van der Waals surface area contributed by atoms with E-state index in [1.165, 1.54) is 0 Å². The Morgan fingerprint density at radius 1 is 1.45 bits per heavy atom. The predicted octanol–water partition coefficient (Wildman–Crippen LogP) is 2.47. The average molecular weight is 155 g/mol. The van der Waals surface area contributed by atoms with Gasteiger partial charge in [-0.05, 0) is 25.8 Å². The highest BCUT2D eigenvalue weighted by molar-refractivity contribution is 5.30. The van der Waals surface area contributed by atoms with Crippen molar-refractivity contribution in [2.75, 3.05) is 13.6 Å². The molecule has 2 heteroatoms. The molecule has 0 saturated carbocycles. The Labute approximate surface area is 67.2 Å². The number of rotatable bonds is 0. The highest BCUT2D eigenvalue weighted by Gasteiger charge is 2.11. The summed E-state index contributed by atoms with van der Waals surface area (Å²) < 4.78 is 13.2. The normalized spacial score (nSPS) is 20.0. The number of hydrogen-bond acceptors (Lipinski definition) is 1. The number of hydrogen-bond donors (Lipinski definition) is 0. The molecular weight excluding hydrogens is 141 g/mol. The van der Waals surface area contributed by atoms with Gasteiger partial charge in [0.1, 0.15) is 0 Å². The summed E-state index contributed by atoms with van der Waals surface area (Å²) >= 11 is 0. The summed E-state index contributed by atoms with van der Waals surface area (Å²) in [4.78, 5) is 1.66. The fraction of sp³-hybridized carbons (Fsp3) is 0.556. The Bertz CT molecular complexity index is 216. The summed E-state index contributed by atoms with van der Waals surface area (Å²) in [6.07, 6.45) is 3.02. The molecule has 1 rings (SSSR count). The fourth-order valence-corrected chi connectivity index (χ4v) is 1.17. The zero-order chi connectivity index (χ0) is 8.43. The van der Waals surface area contributed by atoms with Gasteiger partial charge in [0.25, 0.3) is 0 Å². The molecule has 0 aromatic rings. The van der Waals surface area contributed by atoms with Crippen molar-refractivity contribution in [1.82, 2.24) is 4.90 Å². The molecule has 0 bridgehead atoms. The van der Waals surface area contributed by atoms with E-state index < -0.39 is 0 Å². The van der Waals surface area contributed by atoms with Crippen LogP contribution in [0.2, 0.25) is 0 Å². The molecule has 11 heavy (non-hydrogen) atoms. The smallest absolute Gasteiger partial charge is 0.192 e. The van der Waals surface area contributed by atoms with Gasteiger partial charge in [0.05, 0.1) is 0 Å². The highest BCUT2D eigenvalue weighted by atomic mass is 19.1. The molecule has 0 unspecified atom stereocenters. The van der Waals surface area contributed by atoms with E-state index in [9.17, 15) is 4.39 Å². The molecule has 0 aromatic heterocycles.